The van der Waals surface area contributed by atoms with Gasteiger partial charge in [-0.25, -0.2) is 4.98 Å². The minimum absolute atomic E-state index is 0.0933. The molecule has 27 heavy (non-hydrogen) atoms. The second-order valence-electron chi connectivity index (χ2n) is 6.88. The summed E-state index contributed by atoms with van der Waals surface area (Å²) in [6.07, 6.45) is 10.7. The monoisotopic (exact) mass is 451 g/mol. The zero-order valence-electron chi connectivity index (χ0n) is 15.7. The van der Waals surface area contributed by atoms with Crippen LogP contribution in [0.5, 0.6) is 0 Å². The molecule has 0 aliphatic heterocycles. The molecule has 0 spiro atoms. The summed E-state index contributed by atoms with van der Waals surface area (Å²) in [4.78, 5) is 16.3. The van der Waals surface area contributed by atoms with E-state index in [0.29, 0.717) is 11.6 Å². The van der Waals surface area contributed by atoms with Crippen LogP contribution >= 0.6 is 27.7 Å². The molecule has 0 atom stereocenters. The Morgan fingerprint density at radius 2 is 2.11 bits per heavy atom. The molecule has 1 saturated carbocycles. The number of carbonyl (C=O) groups is 1. The molecule has 0 bridgehead atoms. The second-order valence-corrected chi connectivity index (χ2v) is 8.74. The van der Waals surface area contributed by atoms with Gasteiger partial charge in [-0.2, -0.15) is 0 Å². The number of thioether (sulfide) groups is 1. The molecule has 2 aromatic rings. The molecule has 8 heteroatoms. The Bertz CT molecular complexity index is 743. The lowest BCUT2D eigenvalue weighted by atomic mass is 9.86. The van der Waals surface area contributed by atoms with E-state index >= 15 is 0 Å². The molecule has 2 heterocycles. The van der Waals surface area contributed by atoms with Crippen molar-refractivity contribution >= 4 is 39.4 Å². The number of aromatic nitrogens is 4. The molecule has 1 amide bonds. The van der Waals surface area contributed by atoms with E-state index in [1.165, 1.54) is 50.3 Å². The van der Waals surface area contributed by atoms with Crippen LogP contribution in [0.1, 0.15) is 51.3 Å². The Balaban J connectivity index is 1.51. The molecular formula is C19H26BrN5OS. The fraction of sp³-hybridized carbons (Fsp3) is 0.579. The molecule has 6 nitrogen and oxygen atoms in total. The van der Waals surface area contributed by atoms with Gasteiger partial charge in [0.2, 0.25) is 5.91 Å². The van der Waals surface area contributed by atoms with Gasteiger partial charge in [0, 0.05) is 23.6 Å². The fourth-order valence-electron chi connectivity index (χ4n) is 3.50. The standard InChI is InChI=1S/C19H26BrN5OS/c1-2-25-17(11-8-14-6-4-3-5-7-14)23-24-19(25)27-13-18(26)22-16-10-9-15(20)12-21-16/h9-10,12,14H,2-8,11,13H2,1H3,(H,21,22,26). The van der Waals surface area contributed by atoms with Crippen LogP contribution in [0.4, 0.5) is 5.82 Å². The first-order chi connectivity index (χ1) is 13.2. The van der Waals surface area contributed by atoms with Crippen LogP contribution in [0.2, 0.25) is 0 Å². The van der Waals surface area contributed by atoms with Crippen molar-refractivity contribution in [2.75, 3.05) is 11.1 Å². The molecule has 146 valence electrons. The van der Waals surface area contributed by atoms with E-state index in [2.05, 4.69) is 47.9 Å². The Labute approximate surface area is 173 Å². The number of nitrogens with zero attached hydrogens (tertiary/aromatic N) is 4. The lowest BCUT2D eigenvalue weighted by Crippen LogP contribution is -2.15. The van der Waals surface area contributed by atoms with Crippen molar-refractivity contribution in [3.05, 3.63) is 28.6 Å². The van der Waals surface area contributed by atoms with Crippen LogP contribution in [0.15, 0.2) is 28.0 Å². The highest BCUT2D eigenvalue weighted by molar-refractivity contribution is 9.10. The van der Waals surface area contributed by atoms with Crippen molar-refractivity contribution < 1.29 is 4.79 Å². The van der Waals surface area contributed by atoms with Crippen molar-refractivity contribution in [2.45, 2.75) is 63.6 Å². The zero-order valence-corrected chi connectivity index (χ0v) is 18.1. The van der Waals surface area contributed by atoms with Crippen molar-refractivity contribution in [3.63, 3.8) is 0 Å². The van der Waals surface area contributed by atoms with Gasteiger partial charge in [0.25, 0.3) is 0 Å². The summed E-state index contributed by atoms with van der Waals surface area (Å²) in [5.41, 5.74) is 0. The Morgan fingerprint density at radius 3 is 2.81 bits per heavy atom. The van der Waals surface area contributed by atoms with Crippen molar-refractivity contribution in [3.8, 4) is 0 Å². The number of aryl methyl sites for hydroxylation is 1. The molecule has 3 rings (SSSR count). The van der Waals surface area contributed by atoms with Gasteiger partial charge in [-0.15, -0.1) is 10.2 Å². The smallest absolute Gasteiger partial charge is 0.236 e. The normalized spacial score (nSPS) is 15.0. The number of rotatable bonds is 8. The van der Waals surface area contributed by atoms with Crippen LogP contribution in [0.25, 0.3) is 0 Å². The lowest BCUT2D eigenvalue weighted by Gasteiger charge is -2.21. The number of amides is 1. The summed E-state index contributed by atoms with van der Waals surface area (Å²) in [5.74, 6) is 2.62. The zero-order chi connectivity index (χ0) is 19.1. The number of nitrogens with one attached hydrogen (secondary N) is 1. The Morgan fingerprint density at radius 1 is 1.30 bits per heavy atom. The third kappa shape index (κ3) is 6.04. The molecule has 2 aromatic heterocycles. The molecule has 1 aliphatic rings. The van der Waals surface area contributed by atoms with E-state index in [1.54, 1.807) is 12.3 Å². The van der Waals surface area contributed by atoms with E-state index in [4.69, 9.17) is 0 Å². The Hall–Kier alpha value is -1.41. The van der Waals surface area contributed by atoms with E-state index in [9.17, 15) is 4.79 Å². The molecule has 0 unspecified atom stereocenters. The van der Waals surface area contributed by atoms with Crippen LogP contribution in [0.3, 0.4) is 0 Å². The average molecular weight is 452 g/mol. The third-order valence-corrected chi connectivity index (χ3v) is 6.37. The summed E-state index contributed by atoms with van der Waals surface area (Å²) in [6.45, 7) is 2.93. The van der Waals surface area contributed by atoms with Gasteiger partial charge in [-0.05, 0) is 47.3 Å². The fourth-order valence-corrected chi connectivity index (χ4v) is 4.55. The summed E-state index contributed by atoms with van der Waals surface area (Å²) in [5, 5.41) is 12.3. The molecule has 0 aromatic carbocycles. The maximum absolute atomic E-state index is 12.2. The molecule has 0 radical (unpaired) electrons. The van der Waals surface area contributed by atoms with Crippen LogP contribution in [-0.4, -0.2) is 31.4 Å². The SMILES string of the molecule is CCn1c(CCC2CCCCC2)nnc1SCC(=O)Nc1ccc(Br)cn1. The predicted octanol–water partition coefficient (Wildman–Crippen LogP) is 4.70. The number of pyridine rings is 1. The second kappa shape index (κ2) is 10.2. The highest BCUT2D eigenvalue weighted by atomic mass is 79.9. The first kappa shape index (κ1) is 20.3. The van der Waals surface area contributed by atoms with Gasteiger partial charge in [0.05, 0.1) is 5.75 Å². The minimum Gasteiger partial charge on any atom is -0.310 e. The summed E-state index contributed by atoms with van der Waals surface area (Å²) in [7, 11) is 0. The Kier molecular flexibility index (Phi) is 7.70. The van der Waals surface area contributed by atoms with E-state index in [1.807, 2.05) is 6.07 Å². The van der Waals surface area contributed by atoms with Crippen LogP contribution < -0.4 is 5.32 Å². The highest BCUT2D eigenvalue weighted by Crippen LogP contribution is 2.28. The maximum atomic E-state index is 12.2. The summed E-state index contributed by atoms with van der Waals surface area (Å²) < 4.78 is 3.02. The van der Waals surface area contributed by atoms with Gasteiger partial charge >= 0.3 is 0 Å². The quantitative estimate of drug-likeness (QED) is 0.588. The highest BCUT2D eigenvalue weighted by Gasteiger charge is 2.17. The third-order valence-electron chi connectivity index (χ3n) is 4.94. The van der Waals surface area contributed by atoms with Crippen molar-refractivity contribution in [1.82, 2.24) is 19.7 Å². The van der Waals surface area contributed by atoms with Gasteiger partial charge in [-0.1, -0.05) is 43.9 Å². The average Bonchev–Trinajstić information content (AvgIpc) is 3.09. The van der Waals surface area contributed by atoms with Crippen LogP contribution in [0, 0.1) is 5.92 Å². The maximum Gasteiger partial charge on any atom is 0.236 e. The molecule has 1 aliphatic carbocycles. The first-order valence-corrected chi connectivity index (χ1v) is 11.4. The number of carbonyl (C=O) groups excluding carboxylic acids is 1. The van der Waals surface area contributed by atoms with Crippen LogP contribution in [-0.2, 0) is 17.8 Å². The van der Waals surface area contributed by atoms with E-state index in [0.717, 1.165) is 34.3 Å². The molecule has 0 saturated heterocycles. The van der Waals surface area contributed by atoms with Gasteiger partial charge in [0.1, 0.15) is 11.6 Å². The number of hydrogen-bond donors (Lipinski definition) is 1. The first-order valence-electron chi connectivity index (χ1n) is 9.62. The number of hydrogen-bond acceptors (Lipinski definition) is 5. The van der Waals surface area contributed by atoms with Crippen molar-refractivity contribution in [2.24, 2.45) is 5.92 Å². The lowest BCUT2D eigenvalue weighted by molar-refractivity contribution is -0.113. The topological polar surface area (TPSA) is 72.7 Å². The van der Waals surface area contributed by atoms with Gasteiger partial charge in [0.15, 0.2) is 5.16 Å². The molecular weight excluding hydrogens is 426 g/mol. The number of halogens is 1. The summed E-state index contributed by atoms with van der Waals surface area (Å²) in [6, 6.07) is 3.62. The van der Waals surface area contributed by atoms with E-state index in [-0.39, 0.29) is 5.91 Å². The summed E-state index contributed by atoms with van der Waals surface area (Å²) >= 11 is 4.76. The van der Waals surface area contributed by atoms with Crippen molar-refractivity contribution in [1.29, 1.82) is 0 Å². The largest absolute Gasteiger partial charge is 0.310 e. The van der Waals surface area contributed by atoms with E-state index < -0.39 is 0 Å². The minimum atomic E-state index is -0.0933. The van der Waals surface area contributed by atoms with Gasteiger partial charge in [-0.3, -0.25) is 4.79 Å². The number of anilines is 1. The predicted molar refractivity (Wildman–Crippen MR) is 112 cm³/mol. The molecule has 1 N–H and O–H groups in total. The molecule has 1 fully saturated rings. The van der Waals surface area contributed by atoms with Gasteiger partial charge < -0.3 is 9.88 Å².